The lowest BCUT2D eigenvalue weighted by Gasteiger charge is -2.21. The van der Waals surface area contributed by atoms with E-state index in [4.69, 9.17) is 37.0 Å². The Morgan fingerprint density at radius 2 is 0.469 bits per heavy atom. The van der Waals surface area contributed by atoms with Crippen molar-refractivity contribution in [2.45, 2.75) is 432 Å². The maximum Gasteiger partial charge on any atom is 0.472 e. The quantitative estimate of drug-likeness (QED) is 0.0222. The van der Waals surface area contributed by atoms with E-state index in [0.717, 1.165) is 102 Å². The molecule has 0 rings (SSSR count). The van der Waals surface area contributed by atoms with E-state index in [1.807, 2.05) is 0 Å². The maximum absolute atomic E-state index is 13.1. The fourth-order valence-electron chi connectivity index (χ4n) is 12.2. The lowest BCUT2D eigenvalue weighted by Crippen LogP contribution is -2.30. The van der Waals surface area contributed by atoms with Crippen LogP contribution in [0.15, 0.2) is 0 Å². The molecule has 3 N–H and O–H groups in total. The number of phosphoric ester groups is 2. The number of aliphatic hydroxyl groups is 1. The Hall–Kier alpha value is -1.94. The summed E-state index contributed by atoms with van der Waals surface area (Å²) in [6, 6.07) is 0. The molecule has 0 aliphatic heterocycles. The van der Waals surface area contributed by atoms with Gasteiger partial charge in [0.2, 0.25) is 0 Å². The number of carbonyl (C=O) groups excluding carboxylic acids is 4. The standard InChI is InChI=1S/C79H154O17P2/c1-7-9-11-13-15-17-19-21-23-24-25-26-27-28-29-31-35-40-44-52-58-64-78(83)95-74(67-89-76(81)61-55-49-42-38-36-32-33-37-41-47-53-59-71(3)4)69-93-97(85,86)91-65-73(80)66-92-98(87,88)94-70-75(68-90-77(82)62-56-50-46-45-48-54-60-72(5)6)96-79(84)63-57-51-43-39-34-30-22-20-18-16-14-12-10-8-2/h71-75,80H,7-70H2,1-6H3,(H,85,86)(H,87,88)/t73-,74-,75-/m1/s1. The van der Waals surface area contributed by atoms with Gasteiger partial charge in [0.15, 0.2) is 12.2 Å². The van der Waals surface area contributed by atoms with Crippen LogP contribution in [0.2, 0.25) is 0 Å². The van der Waals surface area contributed by atoms with Crippen LogP contribution in [0.5, 0.6) is 0 Å². The molecule has 0 saturated carbocycles. The van der Waals surface area contributed by atoms with Gasteiger partial charge in [-0.25, -0.2) is 9.13 Å². The molecule has 0 aliphatic rings. The summed E-state index contributed by atoms with van der Waals surface area (Å²) in [6.45, 7) is 9.54. The summed E-state index contributed by atoms with van der Waals surface area (Å²) in [4.78, 5) is 72.9. The minimum atomic E-state index is -4.96. The number of esters is 4. The van der Waals surface area contributed by atoms with Crippen LogP contribution in [0.4, 0.5) is 0 Å². The number of rotatable bonds is 78. The van der Waals surface area contributed by atoms with Crippen molar-refractivity contribution in [2.24, 2.45) is 11.8 Å². The van der Waals surface area contributed by atoms with Crippen LogP contribution >= 0.6 is 15.6 Å². The number of carbonyl (C=O) groups is 4. The van der Waals surface area contributed by atoms with Crippen molar-refractivity contribution in [3.8, 4) is 0 Å². The Bertz CT molecular complexity index is 1890. The second-order valence-corrected chi connectivity index (χ2v) is 32.3. The SMILES string of the molecule is CCCCCCCCCCCCCCCCCCCCCCCC(=O)O[C@H](COC(=O)CCCCCCCCCCCCCC(C)C)COP(=O)(O)OC[C@@H](O)COP(=O)(O)OC[C@@H](COC(=O)CCCCCCCCC(C)C)OC(=O)CCCCCCCCCCCCCCCC. The zero-order chi connectivity index (χ0) is 72.1. The van der Waals surface area contributed by atoms with E-state index in [-0.39, 0.29) is 25.7 Å². The molecule has 0 fully saturated rings. The van der Waals surface area contributed by atoms with Crippen molar-refractivity contribution in [2.75, 3.05) is 39.6 Å². The van der Waals surface area contributed by atoms with Gasteiger partial charge in [-0.15, -0.1) is 0 Å². The Kier molecular flexibility index (Phi) is 69.3. The molecule has 5 atom stereocenters. The normalized spacial score (nSPS) is 13.9. The van der Waals surface area contributed by atoms with Crippen molar-refractivity contribution in [1.82, 2.24) is 0 Å². The van der Waals surface area contributed by atoms with E-state index in [2.05, 4.69) is 41.5 Å². The smallest absolute Gasteiger partial charge is 0.462 e. The summed E-state index contributed by atoms with van der Waals surface area (Å²) in [5.74, 6) is -0.663. The van der Waals surface area contributed by atoms with Crippen LogP contribution in [0, 0.1) is 11.8 Å². The molecular formula is C79H154O17P2. The van der Waals surface area contributed by atoms with Crippen LogP contribution < -0.4 is 0 Å². The molecule has 582 valence electrons. The summed E-state index contributed by atoms with van der Waals surface area (Å²) in [6.07, 6.45) is 59.9. The summed E-state index contributed by atoms with van der Waals surface area (Å²) in [7, 11) is -9.91. The molecule has 0 spiro atoms. The van der Waals surface area contributed by atoms with E-state index in [1.54, 1.807) is 0 Å². The molecule has 0 aromatic rings. The minimum Gasteiger partial charge on any atom is -0.462 e. The molecule has 19 heteroatoms. The Balaban J connectivity index is 5.20. The first-order valence-electron chi connectivity index (χ1n) is 41.0. The minimum absolute atomic E-state index is 0.107. The molecule has 0 aromatic carbocycles. The van der Waals surface area contributed by atoms with Gasteiger partial charge >= 0.3 is 39.5 Å². The first-order chi connectivity index (χ1) is 47.4. The van der Waals surface area contributed by atoms with Crippen molar-refractivity contribution < 1.29 is 80.2 Å². The molecule has 0 bridgehead atoms. The molecule has 0 aliphatic carbocycles. The number of hydrogen-bond acceptors (Lipinski definition) is 15. The molecule has 17 nitrogen and oxygen atoms in total. The zero-order valence-corrected chi connectivity index (χ0v) is 65.9. The highest BCUT2D eigenvalue weighted by Gasteiger charge is 2.30. The van der Waals surface area contributed by atoms with Gasteiger partial charge in [-0.2, -0.15) is 0 Å². The third-order valence-electron chi connectivity index (χ3n) is 18.5. The van der Waals surface area contributed by atoms with Gasteiger partial charge < -0.3 is 33.8 Å². The van der Waals surface area contributed by atoms with Crippen LogP contribution in [0.3, 0.4) is 0 Å². The van der Waals surface area contributed by atoms with Gasteiger partial charge in [-0.1, -0.05) is 363 Å². The average molecular weight is 1440 g/mol. The molecular weight excluding hydrogens is 1280 g/mol. The van der Waals surface area contributed by atoms with Gasteiger partial charge in [0, 0.05) is 25.7 Å². The second kappa shape index (κ2) is 70.7. The van der Waals surface area contributed by atoms with Crippen LogP contribution in [-0.4, -0.2) is 96.7 Å². The van der Waals surface area contributed by atoms with E-state index < -0.39 is 97.5 Å². The lowest BCUT2D eigenvalue weighted by molar-refractivity contribution is -0.161. The van der Waals surface area contributed by atoms with E-state index in [0.29, 0.717) is 31.6 Å². The van der Waals surface area contributed by atoms with E-state index in [1.165, 1.54) is 225 Å². The topological polar surface area (TPSA) is 237 Å². The van der Waals surface area contributed by atoms with Gasteiger partial charge in [0.1, 0.15) is 19.3 Å². The molecule has 98 heavy (non-hydrogen) atoms. The average Bonchev–Trinajstić information content (AvgIpc) is 1.26. The van der Waals surface area contributed by atoms with E-state index >= 15 is 0 Å². The highest BCUT2D eigenvalue weighted by molar-refractivity contribution is 7.47. The fourth-order valence-corrected chi connectivity index (χ4v) is 13.8. The predicted octanol–water partition coefficient (Wildman–Crippen LogP) is 23.5. The van der Waals surface area contributed by atoms with Crippen molar-refractivity contribution >= 4 is 39.5 Å². The molecule has 0 radical (unpaired) electrons. The zero-order valence-electron chi connectivity index (χ0n) is 64.1. The van der Waals surface area contributed by atoms with Gasteiger partial charge in [0.25, 0.3) is 0 Å². The summed E-state index contributed by atoms with van der Waals surface area (Å²) in [5.41, 5.74) is 0. The highest BCUT2D eigenvalue weighted by atomic mass is 31.2. The van der Waals surface area contributed by atoms with E-state index in [9.17, 15) is 43.2 Å². The largest absolute Gasteiger partial charge is 0.472 e. The number of aliphatic hydroxyl groups excluding tert-OH is 1. The van der Waals surface area contributed by atoms with Crippen molar-refractivity contribution in [1.29, 1.82) is 0 Å². The van der Waals surface area contributed by atoms with Gasteiger partial charge in [-0.3, -0.25) is 37.3 Å². The predicted molar refractivity (Wildman–Crippen MR) is 400 cm³/mol. The van der Waals surface area contributed by atoms with Gasteiger partial charge in [0.05, 0.1) is 26.4 Å². The van der Waals surface area contributed by atoms with Crippen LogP contribution in [0.1, 0.15) is 414 Å². The Morgan fingerprint density at radius 1 is 0.276 bits per heavy atom. The maximum atomic E-state index is 13.1. The van der Waals surface area contributed by atoms with Crippen molar-refractivity contribution in [3.63, 3.8) is 0 Å². The molecule has 2 unspecified atom stereocenters. The van der Waals surface area contributed by atoms with Gasteiger partial charge in [-0.05, 0) is 37.5 Å². The first-order valence-corrected chi connectivity index (χ1v) is 44.0. The molecule has 0 amide bonds. The first kappa shape index (κ1) is 96.1. The second-order valence-electron chi connectivity index (χ2n) is 29.4. The summed E-state index contributed by atoms with van der Waals surface area (Å²) >= 11 is 0. The Labute approximate surface area is 600 Å². The molecule has 0 aromatic heterocycles. The van der Waals surface area contributed by atoms with Crippen LogP contribution in [0.25, 0.3) is 0 Å². The molecule has 0 saturated heterocycles. The third kappa shape index (κ3) is 72.4. The summed E-state index contributed by atoms with van der Waals surface area (Å²) in [5, 5.41) is 10.6. The monoisotopic (exact) mass is 1440 g/mol. The van der Waals surface area contributed by atoms with Crippen LogP contribution in [-0.2, 0) is 65.4 Å². The van der Waals surface area contributed by atoms with Crippen molar-refractivity contribution in [3.05, 3.63) is 0 Å². The molecule has 0 heterocycles. The number of hydrogen-bond donors (Lipinski definition) is 3. The number of phosphoric acid groups is 2. The Morgan fingerprint density at radius 3 is 0.694 bits per heavy atom. The number of unbranched alkanes of at least 4 members (excludes halogenated alkanes) is 48. The third-order valence-corrected chi connectivity index (χ3v) is 20.4. The number of ether oxygens (including phenoxy) is 4. The highest BCUT2D eigenvalue weighted by Crippen LogP contribution is 2.45. The summed E-state index contributed by atoms with van der Waals surface area (Å²) < 4.78 is 68.6. The lowest BCUT2D eigenvalue weighted by atomic mass is 10.0. The fraction of sp³-hybridized carbons (Fsp3) is 0.949.